The lowest BCUT2D eigenvalue weighted by atomic mass is 10.0. The molecule has 0 aliphatic heterocycles. The van der Waals surface area contributed by atoms with E-state index in [0.717, 1.165) is 15.2 Å². The Balaban J connectivity index is 1.52. The number of methoxy groups -OCH3 is 1. The van der Waals surface area contributed by atoms with Gasteiger partial charge in [0.15, 0.2) is 0 Å². The number of carbonyl (C=O) groups excluding carboxylic acids is 3. The fraction of sp³-hybridized carbons (Fsp3) is 0.0370. The van der Waals surface area contributed by atoms with Crippen molar-refractivity contribution in [2.45, 2.75) is 0 Å². The molecule has 0 fully saturated rings. The quantitative estimate of drug-likeness (QED) is 0.117. The first-order chi connectivity index (χ1) is 17.4. The molecule has 180 valence electrons. The predicted octanol–water partition coefficient (Wildman–Crippen LogP) is 4.92. The van der Waals surface area contributed by atoms with Crippen LogP contribution in [0.3, 0.4) is 0 Å². The minimum atomic E-state index is -0.953. The molecular formula is C27H20BrN3O5. The maximum absolute atomic E-state index is 12.7. The number of halogens is 1. The van der Waals surface area contributed by atoms with Gasteiger partial charge in [-0.25, -0.2) is 10.2 Å². The number of rotatable bonds is 6. The predicted molar refractivity (Wildman–Crippen MR) is 140 cm³/mol. The zero-order valence-electron chi connectivity index (χ0n) is 19.0. The Labute approximate surface area is 215 Å². The van der Waals surface area contributed by atoms with Crippen molar-refractivity contribution in [1.82, 2.24) is 5.43 Å². The van der Waals surface area contributed by atoms with Crippen molar-refractivity contribution < 1.29 is 23.9 Å². The monoisotopic (exact) mass is 545 g/mol. The molecule has 0 aliphatic rings. The van der Waals surface area contributed by atoms with Gasteiger partial charge in [0, 0.05) is 15.7 Å². The van der Waals surface area contributed by atoms with E-state index in [1.54, 1.807) is 54.6 Å². The number of esters is 1. The van der Waals surface area contributed by atoms with Crippen LogP contribution < -0.4 is 20.2 Å². The number of nitrogens with zero attached hydrogens (tertiary/aromatic N) is 1. The molecule has 8 nitrogen and oxygen atoms in total. The first kappa shape index (κ1) is 24.6. The second-order valence-corrected chi connectivity index (χ2v) is 8.39. The lowest BCUT2D eigenvalue weighted by molar-refractivity contribution is -0.136. The van der Waals surface area contributed by atoms with Crippen LogP contribution in [0.4, 0.5) is 5.69 Å². The summed E-state index contributed by atoms with van der Waals surface area (Å²) in [4.78, 5) is 37.1. The summed E-state index contributed by atoms with van der Waals surface area (Å²) >= 11 is 3.31. The maximum Gasteiger partial charge on any atom is 0.343 e. The van der Waals surface area contributed by atoms with E-state index in [9.17, 15) is 14.4 Å². The molecule has 0 aliphatic carbocycles. The van der Waals surface area contributed by atoms with Crippen LogP contribution in [0, 0.1) is 0 Å². The van der Waals surface area contributed by atoms with Gasteiger partial charge < -0.3 is 14.8 Å². The number of fused-ring (bicyclic) bond motifs is 1. The third-order valence-electron chi connectivity index (χ3n) is 5.13. The topological polar surface area (TPSA) is 106 Å². The zero-order chi connectivity index (χ0) is 25.5. The van der Waals surface area contributed by atoms with Gasteiger partial charge in [-0.1, -0.05) is 46.3 Å². The molecule has 4 aromatic carbocycles. The van der Waals surface area contributed by atoms with Gasteiger partial charge in [0.05, 0.1) is 18.9 Å². The third-order valence-corrected chi connectivity index (χ3v) is 5.66. The summed E-state index contributed by atoms with van der Waals surface area (Å²) in [7, 11) is 1.54. The molecule has 0 atom stereocenters. The number of anilines is 1. The summed E-state index contributed by atoms with van der Waals surface area (Å²) in [6.45, 7) is 0. The Hall–Kier alpha value is -4.50. The molecule has 0 unspecified atom stereocenters. The number of hydrogen-bond donors (Lipinski definition) is 2. The fourth-order valence-corrected chi connectivity index (χ4v) is 3.58. The van der Waals surface area contributed by atoms with Crippen molar-refractivity contribution in [1.29, 1.82) is 0 Å². The highest BCUT2D eigenvalue weighted by Gasteiger charge is 2.15. The van der Waals surface area contributed by atoms with Crippen molar-refractivity contribution >= 4 is 56.4 Å². The largest absolute Gasteiger partial charge is 0.497 e. The van der Waals surface area contributed by atoms with E-state index in [2.05, 4.69) is 31.8 Å². The van der Waals surface area contributed by atoms with Gasteiger partial charge in [0.1, 0.15) is 11.5 Å². The van der Waals surface area contributed by atoms with Crippen LogP contribution in [0.15, 0.2) is 94.5 Å². The smallest absolute Gasteiger partial charge is 0.343 e. The molecule has 0 bridgehead atoms. The summed E-state index contributed by atoms with van der Waals surface area (Å²) in [5.74, 6) is -1.54. The van der Waals surface area contributed by atoms with E-state index >= 15 is 0 Å². The van der Waals surface area contributed by atoms with E-state index in [0.29, 0.717) is 22.6 Å². The number of carbonyl (C=O) groups is 3. The van der Waals surface area contributed by atoms with E-state index in [4.69, 9.17) is 9.47 Å². The number of benzene rings is 4. The van der Waals surface area contributed by atoms with E-state index in [-0.39, 0.29) is 5.75 Å². The van der Waals surface area contributed by atoms with E-state index in [1.165, 1.54) is 13.3 Å². The molecule has 4 rings (SSSR count). The highest BCUT2D eigenvalue weighted by Crippen LogP contribution is 2.27. The summed E-state index contributed by atoms with van der Waals surface area (Å²) < 4.78 is 11.6. The summed E-state index contributed by atoms with van der Waals surface area (Å²) in [5.41, 5.74) is 3.47. The van der Waals surface area contributed by atoms with Gasteiger partial charge in [-0.3, -0.25) is 9.59 Å². The molecule has 4 aromatic rings. The van der Waals surface area contributed by atoms with Crippen LogP contribution in [0.5, 0.6) is 11.5 Å². The second kappa shape index (κ2) is 11.3. The van der Waals surface area contributed by atoms with Gasteiger partial charge in [0.2, 0.25) is 0 Å². The van der Waals surface area contributed by atoms with E-state index in [1.807, 2.05) is 30.3 Å². The Morgan fingerprint density at radius 1 is 0.861 bits per heavy atom. The summed E-state index contributed by atoms with van der Waals surface area (Å²) in [6, 6.07) is 24.2. The van der Waals surface area contributed by atoms with Crippen molar-refractivity contribution in [2.75, 3.05) is 12.4 Å². The van der Waals surface area contributed by atoms with Crippen molar-refractivity contribution in [3.8, 4) is 11.5 Å². The fourth-order valence-electron chi connectivity index (χ4n) is 3.31. The molecular weight excluding hydrogens is 526 g/mol. The molecule has 9 heteroatoms. The average Bonchev–Trinajstić information content (AvgIpc) is 2.90. The minimum Gasteiger partial charge on any atom is -0.497 e. The second-order valence-electron chi connectivity index (χ2n) is 7.48. The molecule has 0 aromatic heterocycles. The van der Waals surface area contributed by atoms with Crippen LogP contribution >= 0.6 is 15.9 Å². The lowest BCUT2D eigenvalue weighted by Crippen LogP contribution is -2.32. The van der Waals surface area contributed by atoms with E-state index < -0.39 is 17.8 Å². The summed E-state index contributed by atoms with van der Waals surface area (Å²) in [6.07, 6.45) is 1.34. The van der Waals surface area contributed by atoms with Crippen LogP contribution in [-0.4, -0.2) is 31.1 Å². The lowest BCUT2D eigenvalue weighted by Gasteiger charge is -2.11. The highest BCUT2D eigenvalue weighted by atomic mass is 79.9. The molecule has 0 radical (unpaired) electrons. The first-order valence-electron chi connectivity index (χ1n) is 10.7. The number of amides is 2. The normalized spacial score (nSPS) is 10.7. The number of ether oxygens (including phenoxy) is 2. The number of nitrogens with one attached hydrogen (secondary N) is 2. The SMILES string of the molecule is COc1ccc(C(=O)Oc2ccc3ccccc3c2/C=N\NC(=O)C(=O)Nc2ccc(Br)cc2)cc1. The Morgan fingerprint density at radius 2 is 1.58 bits per heavy atom. The maximum atomic E-state index is 12.7. The van der Waals surface area contributed by atoms with Crippen LogP contribution in [0.1, 0.15) is 15.9 Å². The van der Waals surface area contributed by atoms with Crippen molar-refractivity contribution in [3.63, 3.8) is 0 Å². The minimum absolute atomic E-state index is 0.242. The van der Waals surface area contributed by atoms with Crippen molar-refractivity contribution in [3.05, 3.63) is 101 Å². The van der Waals surface area contributed by atoms with Gasteiger partial charge >= 0.3 is 17.8 Å². The molecule has 0 spiro atoms. The van der Waals surface area contributed by atoms with Gasteiger partial charge in [-0.2, -0.15) is 5.10 Å². The molecule has 0 heterocycles. The molecule has 2 amide bonds. The van der Waals surface area contributed by atoms with Crippen LogP contribution in [0.25, 0.3) is 10.8 Å². The van der Waals surface area contributed by atoms with Crippen molar-refractivity contribution in [2.24, 2.45) is 5.10 Å². The number of hydrogen-bond acceptors (Lipinski definition) is 6. The molecule has 0 saturated carbocycles. The Bertz CT molecular complexity index is 1450. The van der Waals surface area contributed by atoms with Gasteiger partial charge in [-0.05, 0) is 65.4 Å². The standard InChI is InChI=1S/C27H20BrN3O5/c1-35-21-13-6-18(7-14-21)27(34)36-24-15-8-17-4-2-3-5-22(17)23(24)16-29-31-26(33)25(32)30-20-11-9-19(28)10-12-20/h2-16H,1H3,(H,30,32)(H,31,33)/b29-16-. The van der Waals surface area contributed by atoms with Crippen LogP contribution in [-0.2, 0) is 9.59 Å². The highest BCUT2D eigenvalue weighted by molar-refractivity contribution is 9.10. The van der Waals surface area contributed by atoms with Gasteiger partial charge in [0.25, 0.3) is 0 Å². The Kier molecular flexibility index (Phi) is 7.72. The first-order valence-corrected chi connectivity index (χ1v) is 11.5. The molecule has 2 N–H and O–H groups in total. The van der Waals surface area contributed by atoms with Gasteiger partial charge in [-0.15, -0.1) is 0 Å². The summed E-state index contributed by atoms with van der Waals surface area (Å²) in [5, 5.41) is 8.04. The van der Waals surface area contributed by atoms with Crippen LogP contribution in [0.2, 0.25) is 0 Å². The zero-order valence-corrected chi connectivity index (χ0v) is 20.6. The Morgan fingerprint density at radius 3 is 2.31 bits per heavy atom. The number of hydrazone groups is 1. The molecule has 0 saturated heterocycles. The average molecular weight is 546 g/mol. The third kappa shape index (κ3) is 5.94. The molecule has 36 heavy (non-hydrogen) atoms.